The van der Waals surface area contributed by atoms with E-state index in [1.54, 1.807) is 0 Å². The number of benzene rings is 1. The monoisotopic (exact) mass is 343 g/mol. The molecule has 1 aromatic carbocycles. The van der Waals surface area contributed by atoms with Crippen LogP contribution in [0.3, 0.4) is 0 Å². The first-order valence-electron chi connectivity index (χ1n) is 10.1. The van der Waals surface area contributed by atoms with Gasteiger partial charge in [-0.3, -0.25) is 4.90 Å². The van der Waals surface area contributed by atoms with Gasteiger partial charge < -0.3 is 10.2 Å². The van der Waals surface area contributed by atoms with Crippen LogP contribution in [0.15, 0.2) is 30.3 Å². The predicted octanol–water partition coefficient (Wildman–Crippen LogP) is 3.67. The van der Waals surface area contributed by atoms with Gasteiger partial charge in [-0.15, -0.1) is 0 Å². The van der Waals surface area contributed by atoms with E-state index in [0.717, 1.165) is 52.0 Å². The van der Waals surface area contributed by atoms with Crippen molar-refractivity contribution in [3.8, 4) is 0 Å². The van der Waals surface area contributed by atoms with Crippen LogP contribution < -0.4 is 5.32 Å². The van der Waals surface area contributed by atoms with E-state index < -0.39 is 0 Å². The zero-order valence-electron chi connectivity index (χ0n) is 15.5. The zero-order chi connectivity index (χ0) is 17.3. The highest BCUT2D eigenvalue weighted by Gasteiger charge is 2.23. The number of nitrogens with zero attached hydrogens (tertiary/aromatic N) is 2. The highest BCUT2D eigenvalue weighted by Crippen LogP contribution is 2.17. The van der Waals surface area contributed by atoms with Gasteiger partial charge in [0, 0.05) is 32.2 Å². The van der Waals surface area contributed by atoms with Gasteiger partial charge in [-0.05, 0) is 37.8 Å². The van der Waals surface area contributed by atoms with Gasteiger partial charge in [0.05, 0.1) is 0 Å². The molecule has 4 nitrogen and oxygen atoms in total. The molecule has 0 unspecified atom stereocenters. The molecule has 1 aliphatic carbocycles. The molecule has 1 N–H and O–H groups in total. The summed E-state index contributed by atoms with van der Waals surface area (Å²) in [6.07, 6.45) is 9.83. The molecule has 0 atom stereocenters. The van der Waals surface area contributed by atoms with Crippen LogP contribution in [0.4, 0.5) is 4.79 Å². The number of rotatable bonds is 5. The average molecular weight is 344 g/mol. The molecule has 4 heteroatoms. The average Bonchev–Trinajstić information content (AvgIpc) is 2.92. The SMILES string of the molecule is O=C(NC1CCCCCC1)N1CCN(CCCc2ccccc2)CC1. The summed E-state index contributed by atoms with van der Waals surface area (Å²) in [4.78, 5) is 17.0. The Hall–Kier alpha value is -1.55. The third kappa shape index (κ3) is 6.03. The minimum Gasteiger partial charge on any atom is -0.335 e. The number of hydrogen-bond acceptors (Lipinski definition) is 2. The summed E-state index contributed by atoms with van der Waals surface area (Å²) in [7, 11) is 0. The summed E-state index contributed by atoms with van der Waals surface area (Å²) in [5, 5.41) is 3.28. The van der Waals surface area contributed by atoms with Crippen LogP contribution in [0, 0.1) is 0 Å². The molecule has 2 fully saturated rings. The molecule has 0 radical (unpaired) electrons. The molecule has 1 saturated heterocycles. The maximum absolute atomic E-state index is 12.5. The maximum atomic E-state index is 12.5. The van der Waals surface area contributed by atoms with E-state index in [1.165, 1.54) is 37.7 Å². The number of amides is 2. The summed E-state index contributed by atoms with van der Waals surface area (Å²) in [6.45, 7) is 4.88. The van der Waals surface area contributed by atoms with Crippen molar-refractivity contribution in [2.75, 3.05) is 32.7 Å². The minimum absolute atomic E-state index is 0.163. The molecule has 0 spiro atoms. The van der Waals surface area contributed by atoms with E-state index in [1.807, 2.05) is 4.90 Å². The van der Waals surface area contributed by atoms with Crippen LogP contribution in [0.2, 0.25) is 0 Å². The molecule has 1 saturated carbocycles. The number of nitrogens with one attached hydrogen (secondary N) is 1. The summed E-state index contributed by atoms with van der Waals surface area (Å²) >= 11 is 0. The molecule has 1 aliphatic heterocycles. The smallest absolute Gasteiger partial charge is 0.317 e. The molecule has 138 valence electrons. The van der Waals surface area contributed by atoms with Gasteiger partial charge in [0.15, 0.2) is 0 Å². The Balaban J connectivity index is 1.33. The molecule has 0 bridgehead atoms. The number of piperazine rings is 1. The topological polar surface area (TPSA) is 35.6 Å². The number of hydrogen-bond donors (Lipinski definition) is 1. The van der Waals surface area contributed by atoms with Crippen LogP contribution in [0.1, 0.15) is 50.5 Å². The van der Waals surface area contributed by atoms with Crippen molar-refractivity contribution in [3.05, 3.63) is 35.9 Å². The van der Waals surface area contributed by atoms with Crippen LogP contribution in [-0.2, 0) is 6.42 Å². The third-order valence-corrected chi connectivity index (χ3v) is 5.62. The molecule has 3 rings (SSSR count). The van der Waals surface area contributed by atoms with Gasteiger partial charge in [-0.2, -0.15) is 0 Å². The summed E-state index contributed by atoms with van der Waals surface area (Å²) < 4.78 is 0. The Bertz CT molecular complexity index is 503. The van der Waals surface area contributed by atoms with Crippen LogP contribution >= 0.6 is 0 Å². The highest BCUT2D eigenvalue weighted by molar-refractivity contribution is 5.74. The number of carbonyl (C=O) groups is 1. The quantitative estimate of drug-likeness (QED) is 0.828. The van der Waals surface area contributed by atoms with Crippen molar-refractivity contribution in [3.63, 3.8) is 0 Å². The second kappa shape index (κ2) is 9.81. The lowest BCUT2D eigenvalue weighted by Gasteiger charge is -2.35. The summed E-state index contributed by atoms with van der Waals surface area (Å²) in [5.41, 5.74) is 1.42. The van der Waals surface area contributed by atoms with Crippen molar-refractivity contribution < 1.29 is 4.79 Å². The van der Waals surface area contributed by atoms with Gasteiger partial charge in [-0.1, -0.05) is 56.0 Å². The fraction of sp³-hybridized carbons (Fsp3) is 0.667. The van der Waals surface area contributed by atoms with Crippen LogP contribution in [-0.4, -0.2) is 54.6 Å². The summed E-state index contributed by atoms with van der Waals surface area (Å²) in [6, 6.07) is 11.3. The number of carbonyl (C=O) groups excluding carboxylic acids is 1. The minimum atomic E-state index is 0.163. The molecular formula is C21H33N3O. The second-order valence-corrected chi connectivity index (χ2v) is 7.56. The van der Waals surface area contributed by atoms with Crippen molar-refractivity contribution in [2.45, 2.75) is 57.4 Å². The molecule has 1 aromatic rings. The van der Waals surface area contributed by atoms with E-state index in [9.17, 15) is 4.79 Å². The van der Waals surface area contributed by atoms with Crippen molar-refractivity contribution in [1.29, 1.82) is 0 Å². The standard InChI is InChI=1S/C21H33N3O/c25-21(22-20-12-6-1-2-7-13-20)24-17-15-23(16-18-24)14-8-11-19-9-4-3-5-10-19/h3-5,9-10,20H,1-2,6-8,11-18H2,(H,22,25). The van der Waals surface area contributed by atoms with Gasteiger partial charge in [-0.25, -0.2) is 4.79 Å². The second-order valence-electron chi connectivity index (χ2n) is 7.56. The van der Waals surface area contributed by atoms with Crippen molar-refractivity contribution >= 4 is 6.03 Å². The maximum Gasteiger partial charge on any atom is 0.317 e. The van der Waals surface area contributed by atoms with Crippen molar-refractivity contribution in [2.24, 2.45) is 0 Å². The predicted molar refractivity (Wildman–Crippen MR) is 103 cm³/mol. The first-order chi connectivity index (χ1) is 12.3. The first-order valence-corrected chi connectivity index (χ1v) is 10.1. The van der Waals surface area contributed by atoms with E-state index in [2.05, 4.69) is 40.5 Å². The number of aryl methyl sites for hydroxylation is 1. The Morgan fingerprint density at radius 1 is 0.960 bits per heavy atom. The van der Waals surface area contributed by atoms with Gasteiger partial charge in [0.25, 0.3) is 0 Å². The van der Waals surface area contributed by atoms with Gasteiger partial charge >= 0.3 is 6.03 Å². The number of urea groups is 1. The first kappa shape index (κ1) is 18.2. The lowest BCUT2D eigenvalue weighted by Crippen LogP contribution is -2.53. The molecule has 2 amide bonds. The van der Waals surface area contributed by atoms with E-state index in [4.69, 9.17) is 0 Å². The zero-order valence-corrected chi connectivity index (χ0v) is 15.5. The molecular weight excluding hydrogens is 310 g/mol. The third-order valence-electron chi connectivity index (χ3n) is 5.62. The fourth-order valence-corrected chi connectivity index (χ4v) is 4.02. The van der Waals surface area contributed by atoms with E-state index >= 15 is 0 Å². The van der Waals surface area contributed by atoms with Crippen LogP contribution in [0.25, 0.3) is 0 Å². The normalized spacial score (nSPS) is 20.2. The van der Waals surface area contributed by atoms with Gasteiger partial charge in [0.1, 0.15) is 0 Å². The summed E-state index contributed by atoms with van der Waals surface area (Å²) in [5.74, 6) is 0. The fourth-order valence-electron chi connectivity index (χ4n) is 4.02. The Labute approximate surface area is 152 Å². The molecule has 25 heavy (non-hydrogen) atoms. The largest absolute Gasteiger partial charge is 0.335 e. The lowest BCUT2D eigenvalue weighted by molar-refractivity contribution is 0.136. The lowest BCUT2D eigenvalue weighted by atomic mass is 10.1. The Morgan fingerprint density at radius 3 is 2.32 bits per heavy atom. The molecule has 0 aromatic heterocycles. The highest BCUT2D eigenvalue weighted by atomic mass is 16.2. The Kier molecular flexibility index (Phi) is 7.16. The van der Waals surface area contributed by atoms with Crippen molar-refractivity contribution in [1.82, 2.24) is 15.1 Å². The molecule has 1 heterocycles. The molecule has 2 aliphatic rings. The Morgan fingerprint density at radius 2 is 1.64 bits per heavy atom. The van der Waals surface area contributed by atoms with Gasteiger partial charge in [0.2, 0.25) is 0 Å². The van der Waals surface area contributed by atoms with E-state index in [0.29, 0.717) is 6.04 Å². The van der Waals surface area contributed by atoms with Crippen LogP contribution in [0.5, 0.6) is 0 Å². The van der Waals surface area contributed by atoms with E-state index in [-0.39, 0.29) is 6.03 Å².